The van der Waals surface area contributed by atoms with E-state index in [9.17, 15) is 9.65 Å². The van der Waals surface area contributed by atoms with Crippen LogP contribution in [0.3, 0.4) is 0 Å². The summed E-state index contributed by atoms with van der Waals surface area (Å²) in [6.07, 6.45) is 5.90. The summed E-state index contributed by atoms with van der Waals surface area (Å²) in [5, 5.41) is 18.0. The zero-order valence-corrected chi connectivity index (χ0v) is 19.3. The van der Waals surface area contributed by atoms with Gasteiger partial charge in [0, 0.05) is 5.69 Å². The van der Waals surface area contributed by atoms with Crippen LogP contribution < -0.4 is 4.90 Å². The maximum absolute atomic E-state index is 13.5. The van der Waals surface area contributed by atoms with Crippen LogP contribution in [0.1, 0.15) is 30.8 Å². The lowest BCUT2D eigenvalue weighted by Crippen LogP contribution is -2.32. The summed E-state index contributed by atoms with van der Waals surface area (Å²) in [4.78, 5) is 12.6. The second kappa shape index (κ2) is 8.38. The zero-order valence-electron chi connectivity index (χ0n) is 18.5. The number of hydrogen-bond donors (Lipinski definition) is 0. The minimum atomic E-state index is -0.296. The Morgan fingerprint density at radius 2 is 2.00 bits per heavy atom. The number of anilines is 2. The van der Waals surface area contributed by atoms with Gasteiger partial charge in [0.1, 0.15) is 17.8 Å². The molecule has 10 heteroatoms. The molecule has 0 spiro atoms. The number of rotatable bonds is 4. The van der Waals surface area contributed by atoms with E-state index in [1.54, 1.807) is 36.9 Å². The van der Waals surface area contributed by atoms with E-state index in [-0.39, 0.29) is 11.9 Å². The van der Waals surface area contributed by atoms with Crippen LogP contribution in [0.5, 0.6) is 0 Å². The van der Waals surface area contributed by atoms with E-state index in [2.05, 4.69) is 37.4 Å². The fourth-order valence-corrected chi connectivity index (χ4v) is 5.11. The fraction of sp³-hybridized carbons (Fsp3) is 0.120. The molecule has 5 aromatic rings. The van der Waals surface area contributed by atoms with Crippen LogP contribution >= 0.6 is 11.5 Å². The highest BCUT2D eigenvalue weighted by atomic mass is 32.1. The molecule has 6 rings (SSSR count). The number of benzene rings is 2. The molecule has 0 fully saturated rings. The van der Waals surface area contributed by atoms with Gasteiger partial charge in [-0.3, -0.25) is 4.57 Å². The molecule has 0 saturated carbocycles. The summed E-state index contributed by atoms with van der Waals surface area (Å²) >= 11 is 1.31. The van der Waals surface area contributed by atoms with E-state index in [1.165, 1.54) is 23.7 Å². The highest BCUT2D eigenvalue weighted by molar-refractivity contribution is 7.10. The molecule has 0 amide bonds. The van der Waals surface area contributed by atoms with Gasteiger partial charge in [-0.1, -0.05) is 25.1 Å². The van der Waals surface area contributed by atoms with Gasteiger partial charge in [-0.25, -0.2) is 14.4 Å². The van der Waals surface area contributed by atoms with Crippen molar-refractivity contribution in [2.24, 2.45) is 0 Å². The van der Waals surface area contributed by atoms with Crippen molar-refractivity contribution >= 4 is 23.0 Å². The molecule has 0 unspecified atom stereocenters. The Kier molecular flexibility index (Phi) is 5.04. The molecule has 0 bridgehead atoms. The third kappa shape index (κ3) is 3.45. The molecule has 170 valence electrons. The summed E-state index contributed by atoms with van der Waals surface area (Å²) in [6.45, 7) is 2.08. The predicted molar refractivity (Wildman–Crippen MR) is 130 cm³/mol. The van der Waals surface area contributed by atoms with Gasteiger partial charge in [-0.15, -0.1) is 10.2 Å². The van der Waals surface area contributed by atoms with Crippen LogP contribution in [-0.4, -0.2) is 29.1 Å². The topological polar surface area (TPSA) is 96.4 Å². The number of fused-ring (bicyclic) bond motifs is 3. The molecule has 0 radical (unpaired) electrons. The van der Waals surface area contributed by atoms with Crippen LogP contribution in [0, 0.1) is 17.1 Å². The lowest BCUT2D eigenvalue weighted by atomic mass is 10.1. The predicted octanol–water partition coefficient (Wildman–Crippen LogP) is 5.46. The third-order valence-electron chi connectivity index (χ3n) is 5.98. The number of nitriles is 1. The summed E-state index contributed by atoms with van der Waals surface area (Å²) in [7, 11) is 0. The molecule has 1 atom stereocenters. The van der Waals surface area contributed by atoms with Crippen molar-refractivity contribution in [3.8, 4) is 33.6 Å². The first-order valence-electron chi connectivity index (χ1n) is 11.0. The van der Waals surface area contributed by atoms with Crippen molar-refractivity contribution < 1.29 is 4.39 Å². The Morgan fingerprint density at radius 3 is 2.80 bits per heavy atom. The van der Waals surface area contributed by atoms with E-state index >= 15 is 0 Å². The normalized spacial score (nSPS) is 14.3. The van der Waals surface area contributed by atoms with E-state index in [0.717, 1.165) is 39.6 Å². The van der Waals surface area contributed by atoms with Crippen molar-refractivity contribution in [2.75, 3.05) is 4.90 Å². The molecule has 0 saturated heterocycles. The van der Waals surface area contributed by atoms with Crippen LogP contribution in [0.25, 0.3) is 27.5 Å². The van der Waals surface area contributed by atoms with Gasteiger partial charge < -0.3 is 4.90 Å². The largest absolute Gasteiger partial charge is 0.314 e. The fourth-order valence-electron chi connectivity index (χ4n) is 4.36. The molecule has 4 heterocycles. The quantitative estimate of drug-likeness (QED) is 0.337. The number of hydrogen-bond acceptors (Lipinski definition) is 8. The summed E-state index contributed by atoms with van der Waals surface area (Å²) in [5.41, 5.74) is 3.74. The van der Waals surface area contributed by atoms with Gasteiger partial charge in [0.15, 0.2) is 17.5 Å². The molecular formula is C25H17FN8S. The van der Waals surface area contributed by atoms with Crippen molar-refractivity contribution in [3.63, 3.8) is 0 Å². The number of aromatic nitrogens is 6. The lowest BCUT2D eigenvalue weighted by molar-refractivity contribution is 0.590. The molecular weight excluding hydrogens is 463 g/mol. The van der Waals surface area contributed by atoms with Crippen molar-refractivity contribution in [1.29, 1.82) is 5.26 Å². The molecule has 2 aromatic carbocycles. The van der Waals surface area contributed by atoms with E-state index < -0.39 is 0 Å². The van der Waals surface area contributed by atoms with E-state index in [1.807, 2.05) is 22.8 Å². The van der Waals surface area contributed by atoms with Gasteiger partial charge in [0.2, 0.25) is 0 Å². The first-order valence-corrected chi connectivity index (χ1v) is 11.7. The highest BCUT2D eigenvalue weighted by Gasteiger charge is 2.35. The van der Waals surface area contributed by atoms with Gasteiger partial charge in [-0.2, -0.15) is 9.64 Å². The zero-order chi connectivity index (χ0) is 23.9. The smallest absolute Gasteiger partial charge is 0.164 e. The average molecular weight is 481 g/mol. The van der Waals surface area contributed by atoms with E-state index in [0.29, 0.717) is 17.2 Å². The Labute approximate surface area is 204 Å². The Hall–Kier alpha value is -4.49. The third-order valence-corrected chi connectivity index (χ3v) is 6.83. The highest BCUT2D eigenvalue weighted by Crippen LogP contribution is 2.44. The number of halogens is 1. The maximum Gasteiger partial charge on any atom is 0.164 e. The standard InChI is InChI=1S/C25H17FN8S/c1-2-20-25-32-29-14-33(25)21-13-28-23(19-12-30-35-22(19)16-6-8-17(26)9-7-16)31-24(21)34(20)18-5-3-4-15(10-18)11-27/h3-10,12-14,20H,2H2,1H3/t20-/m0/s1. The van der Waals surface area contributed by atoms with Crippen LogP contribution in [-0.2, 0) is 0 Å². The molecule has 3 aromatic heterocycles. The molecule has 0 N–H and O–H groups in total. The Morgan fingerprint density at radius 1 is 1.14 bits per heavy atom. The lowest BCUT2D eigenvalue weighted by Gasteiger charge is -2.36. The first kappa shape index (κ1) is 21.1. The van der Waals surface area contributed by atoms with Gasteiger partial charge in [0.25, 0.3) is 0 Å². The number of nitrogens with zero attached hydrogens (tertiary/aromatic N) is 8. The van der Waals surface area contributed by atoms with E-state index in [4.69, 9.17) is 4.98 Å². The molecule has 1 aliphatic heterocycles. The molecule has 1 aliphatic rings. The average Bonchev–Trinajstić information content (AvgIpc) is 3.58. The van der Waals surface area contributed by atoms with Gasteiger partial charge in [0.05, 0.1) is 40.5 Å². The Balaban J connectivity index is 1.55. The maximum atomic E-state index is 13.5. The minimum Gasteiger partial charge on any atom is -0.314 e. The molecule has 35 heavy (non-hydrogen) atoms. The summed E-state index contributed by atoms with van der Waals surface area (Å²) in [6, 6.07) is 15.8. The SMILES string of the molecule is CC[C@H]1c2nncn2-c2cnc(-c3cnsc3-c3ccc(F)cc3)nc2N1c1cccc(C#N)c1. The Bertz CT molecular complexity index is 1580. The molecule has 0 aliphatic carbocycles. The van der Waals surface area contributed by atoms with Crippen molar-refractivity contribution in [1.82, 2.24) is 29.1 Å². The monoisotopic (exact) mass is 480 g/mol. The molecule has 8 nitrogen and oxygen atoms in total. The second-order valence-corrected chi connectivity index (χ2v) is 8.79. The van der Waals surface area contributed by atoms with Gasteiger partial charge >= 0.3 is 0 Å². The van der Waals surface area contributed by atoms with Crippen molar-refractivity contribution in [2.45, 2.75) is 19.4 Å². The van der Waals surface area contributed by atoms with Crippen LogP contribution in [0.4, 0.5) is 15.9 Å². The van der Waals surface area contributed by atoms with Crippen LogP contribution in [0.2, 0.25) is 0 Å². The van der Waals surface area contributed by atoms with Crippen molar-refractivity contribution in [3.05, 3.63) is 84.5 Å². The summed E-state index contributed by atoms with van der Waals surface area (Å²) < 4.78 is 19.8. The summed E-state index contributed by atoms with van der Waals surface area (Å²) in [5.74, 6) is 1.67. The van der Waals surface area contributed by atoms with Gasteiger partial charge in [-0.05, 0) is 53.8 Å². The van der Waals surface area contributed by atoms with Crippen LogP contribution in [0.15, 0.2) is 67.3 Å². The second-order valence-electron chi connectivity index (χ2n) is 7.99. The minimum absolute atomic E-state index is 0.140. The first-order chi connectivity index (χ1) is 17.2.